The number of aliphatic carboxylic acids is 1. The number of piperidine rings is 1. The van der Waals surface area contributed by atoms with E-state index in [2.05, 4.69) is 0 Å². The molecule has 0 aromatic carbocycles. The van der Waals surface area contributed by atoms with Crippen LogP contribution in [-0.4, -0.2) is 65.8 Å². The van der Waals surface area contributed by atoms with Crippen LogP contribution in [0.15, 0.2) is 0 Å². The van der Waals surface area contributed by atoms with Crippen molar-refractivity contribution in [3.8, 4) is 0 Å². The fraction of sp³-hybridized carbons (Fsp3) is 0.846. The number of amides is 2. The Bertz CT molecular complexity index is 301. The number of likely N-dealkylation sites (tertiary alicyclic amines) is 1. The lowest BCUT2D eigenvalue weighted by molar-refractivity contribution is -0.137. The molecule has 2 amide bonds. The second-order valence-electron chi connectivity index (χ2n) is 4.65. The lowest BCUT2D eigenvalue weighted by atomic mass is 10.1. The lowest BCUT2D eigenvalue weighted by Gasteiger charge is -2.35. The molecule has 6 nitrogen and oxygen atoms in total. The molecule has 1 aliphatic heterocycles. The van der Waals surface area contributed by atoms with Crippen molar-refractivity contribution in [3.63, 3.8) is 0 Å². The van der Waals surface area contributed by atoms with Gasteiger partial charge in [0.15, 0.2) is 0 Å². The van der Waals surface area contributed by atoms with Gasteiger partial charge >= 0.3 is 12.0 Å². The highest BCUT2D eigenvalue weighted by atomic mass is 16.5. The molecular weight excluding hydrogens is 248 g/mol. The first-order chi connectivity index (χ1) is 9.08. The predicted octanol–water partition coefficient (Wildman–Crippen LogP) is 1.40. The highest BCUT2D eigenvalue weighted by molar-refractivity contribution is 5.75. The molecule has 0 aromatic heterocycles. The quantitative estimate of drug-likeness (QED) is 0.793. The molecule has 0 atom stereocenters. The second kappa shape index (κ2) is 7.99. The highest BCUT2D eigenvalue weighted by Crippen LogP contribution is 2.15. The van der Waals surface area contributed by atoms with E-state index in [1.165, 1.54) is 0 Å². The van der Waals surface area contributed by atoms with Crippen LogP contribution in [0.5, 0.6) is 0 Å². The minimum absolute atomic E-state index is 0.00497. The maximum absolute atomic E-state index is 12.2. The summed E-state index contributed by atoms with van der Waals surface area (Å²) in [6, 6.07) is -0.0568. The molecule has 1 heterocycles. The molecule has 0 spiro atoms. The van der Waals surface area contributed by atoms with Crippen LogP contribution in [0.4, 0.5) is 4.79 Å². The first-order valence-electron chi connectivity index (χ1n) is 6.95. The van der Waals surface area contributed by atoms with E-state index in [0.717, 1.165) is 12.8 Å². The summed E-state index contributed by atoms with van der Waals surface area (Å²) in [6.07, 6.45) is 1.96. The fourth-order valence-electron chi connectivity index (χ4n) is 2.27. The number of carbonyl (C=O) groups is 2. The van der Waals surface area contributed by atoms with Gasteiger partial charge in [0.1, 0.15) is 0 Å². The van der Waals surface area contributed by atoms with Gasteiger partial charge in [-0.1, -0.05) is 0 Å². The van der Waals surface area contributed by atoms with Crippen molar-refractivity contribution in [3.05, 3.63) is 0 Å². The third kappa shape index (κ3) is 5.06. The molecular formula is C13H24N2O4. The van der Waals surface area contributed by atoms with E-state index in [1.807, 2.05) is 13.8 Å². The number of rotatable bonds is 6. The van der Waals surface area contributed by atoms with Gasteiger partial charge < -0.3 is 19.6 Å². The largest absolute Gasteiger partial charge is 0.481 e. The zero-order valence-electron chi connectivity index (χ0n) is 11.8. The van der Waals surface area contributed by atoms with Crippen LogP contribution in [0.1, 0.15) is 33.1 Å². The molecule has 1 rings (SSSR count). The number of nitrogens with zero attached hydrogens (tertiary/aromatic N) is 2. The minimum atomic E-state index is -0.874. The van der Waals surface area contributed by atoms with Crippen LogP contribution in [0, 0.1) is 0 Å². The Labute approximate surface area is 114 Å². The molecule has 0 saturated carbocycles. The molecule has 0 aliphatic carbocycles. The first-order valence-corrected chi connectivity index (χ1v) is 6.95. The molecule has 0 bridgehead atoms. The van der Waals surface area contributed by atoms with Crippen LogP contribution in [0.25, 0.3) is 0 Å². The monoisotopic (exact) mass is 272 g/mol. The van der Waals surface area contributed by atoms with Gasteiger partial charge in [-0.15, -0.1) is 0 Å². The third-order valence-electron chi connectivity index (χ3n) is 3.36. The van der Waals surface area contributed by atoms with Crippen LogP contribution in [0.2, 0.25) is 0 Å². The Morgan fingerprint density at radius 1 is 1.32 bits per heavy atom. The molecule has 110 valence electrons. The third-order valence-corrected chi connectivity index (χ3v) is 3.36. The van der Waals surface area contributed by atoms with Gasteiger partial charge in [0.25, 0.3) is 0 Å². The van der Waals surface area contributed by atoms with Crippen molar-refractivity contribution in [1.29, 1.82) is 0 Å². The fourth-order valence-corrected chi connectivity index (χ4v) is 2.27. The van der Waals surface area contributed by atoms with E-state index < -0.39 is 5.97 Å². The van der Waals surface area contributed by atoms with E-state index in [9.17, 15) is 9.59 Å². The summed E-state index contributed by atoms with van der Waals surface area (Å²) < 4.78 is 5.55. The smallest absolute Gasteiger partial charge is 0.320 e. The molecule has 0 unspecified atom stereocenters. The van der Waals surface area contributed by atoms with E-state index in [-0.39, 0.29) is 25.1 Å². The van der Waals surface area contributed by atoms with Crippen molar-refractivity contribution in [1.82, 2.24) is 9.80 Å². The van der Waals surface area contributed by atoms with Crippen molar-refractivity contribution in [2.75, 3.05) is 32.8 Å². The normalized spacial score (nSPS) is 16.4. The molecule has 1 N–H and O–H groups in total. The van der Waals surface area contributed by atoms with Crippen LogP contribution >= 0.6 is 0 Å². The SMILES string of the molecule is CCOC1CCN(C(=O)N(CC)CCC(=O)O)CC1. The van der Waals surface area contributed by atoms with Gasteiger partial charge in [-0.05, 0) is 26.7 Å². The van der Waals surface area contributed by atoms with Gasteiger partial charge in [-0.2, -0.15) is 0 Å². The zero-order valence-corrected chi connectivity index (χ0v) is 11.8. The standard InChI is InChI=1S/C13H24N2O4/c1-3-14(10-7-12(16)17)13(18)15-8-5-11(6-9-15)19-4-2/h11H,3-10H2,1-2H3,(H,16,17). The first kappa shape index (κ1) is 15.8. The molecule has 6 heteroatoms. The van der Waals surface area contributed by atoms with E-state index in [0.29, 0.717) is 26.2 Å². The summed E-state index contributed by atoms with van der Waals surface area (Å²) >= 11 is 0. The van der Waals surface area contributed by atoms with E-state index >= 15 is 0 Å². The average Bonchev–Trinajstić information content (AvgIpc) is 2.40. The number of carboxylic acids is 1. The highest BCUT2D eigenvalue weighted by Gasteiger charge is 2.25. The van der Waals surface area contributed by atoms with E-state index in [4.69, 9.17) is 9.84 Å². The topological polar surface area (TPSA) is 70.1 Å². The number of urea groups is 1. The Morgan fingerprint density at radius 2 is 1.95 bits per heavy atom. The molecule has 1 saturated heterocycles. The summed E-state index contributed by atoms with van der Waals surface area (Å²) in [6.45, 7) is 6.74. The van der Waals surface area contributed by atoms with Crippen molar-refractivity contribution >= 4 is 12.0 Å². The predicted molar refractivity (Wildman–Crippen MR) is 71.1 cm³/mol. The van der Waals surface area contributed by atoms with Crippen LogP contribution < -0.4 is 0 Å². The van der Waals surface area contributed by atoms with Gasteiger partial charge in [0.05, 0.1) is 12.5 Å². The van der Waals surface area contributed by atoms with Gasteiger partial charge in [0.2, 0.25) is 0 Å². The Hall–Kier alpha value is -1.30. The molecule has 1 fully saturated rings. The van der Waals surface area contributed by atoms with Crippen molar-refractivity contribution in [2.24, 2.45) is 0 Å². The number of hydrogen-bond acceptors (Lipinski definition) is 3. The maximum Gasteiger partial charge on any atom is 0.320 e. The molecule has 0 aromatic rings. The van der Waals surface area contributed by atoms with Gasteiger partial charge in [0, 0.05) is 32.8 Å². The summed E-state index contributed by atoms with van der Waals surface area (Å²) in [5.74, 6) is -0.874. The summed E-state index contributed by atoms with van der Waals surface area (Å²) in [7, 11) is 0. The van der Waals surface area contributed by atoms with Crippen LogP contribution in [0.3, 0.4) is 0 Å². The van der Waals surface area contributed by atoms with Crippen LogP contribution in [-0.2, 0) is 9.53 Å². The Morgan fingerprint density at radius 3 is 2.42 bits per heavy atom. The second-order valence-corrected chi connectivity index (χ2v) is 4.65. The Kier molecular flexibility index (Phi) is 6.62. The number of hydrogen-bond donors (Lipinski definition) is 1. The molecule has 1 aliphatic rings. The Balaban J connectivity index is 2.41. The zero-order chi connectivity index (χ0) is 14.3. The lowest BCUT2D eigenvalue weighted by Crippen LogP contribution is -2.48. The van der Waals surface area contributed by atoms with Gasteiger partial charge in [-0.25, -0.2) is 4.79 Å². The molecule has 19 heavy (non-hydrogen) atoms. The molecule has 0 radical (unpaired) electrons. The minimum Gasteiger partial charge on any atom is -0.481 e. The van der Waals surface area contributed by atoms with Gasteiger partial charge in [-0.3, -0.25) is 4.79 Å². The van der Waals surface area contributed by atoms with E-state index in [1.54, 1.807) is 9.80 Å². The average molecular weight is 272 g/mol. The number of carboxylic acid groups (broad SMARTS) is 1. The number of ether oxygens (including phenoxy) is 1. The summed E-state index contributed by atoms with van der Waals surface area (Å²) in [5, 5.41) is 8.68. The summed E-state index contributed by atoms with van der Waals surface area (Å²) in [4.78, 5) is 26.2. The summed E-state index contributed by atoms with van der Waals surface area (Å²) in [5.41, 5.74) is 0. The van der Waals surface area contributed by atoms with Crippen molar-refractivity contribution in [2.45, 2.75) is 39.2 Å². The van der Waals surface area contributed by atoms with Crippen molar-refractivity contribution < 1.29 is 19.4 Å². The number of carbonyl (C=O) groups excluding carboxylic acids is 1. The maximum atomic E-state index is 12.2.